The molecule has 2 N–H and O–H groups in total. The lowest BCUT2D eigenvalue weighted by atomic mass is 9.99. The molecule has 1 aliphatic carbocycles. The fourth-order valence-corrected chi connectivity index (χ4v) is 2.23. The first-order valence-electron chi connectivity index (χ1n) is 5.74. The van der Waals surface area contributed by atoms with Gasteiger partial charge in [0.25, 0.3) is 5.89 Å². The van der Waals surface area contributed by atoms with Gasteiger partial charge in [-0.1, -0.05) is 23.2 Å². The van der Waals surface area contributed by atoms with Crippen LogP contribution in [0.3, 0.4) is 0 Å². The fraction of sp³-hybridized carbons (Fsp3) is 0.545. The highest BCUT2D eigenvalue weighted by molar-refractivity contribution is 5.85. The van der Waals surface area contributed by atoms with Gasteiger partial charge >= 0.3 is 0 Å². The molecule has 0 aliphatic heterocycles. The largest absolute Gasteiger partial charge is 0.361 e. The van der Waals surface area contributed by atoms with Gasteiger partial charge in [-0.05, 0) is 19.8 Å². The molecule has 2 aromatic heterocycles. The minimum absolute atomic E-state index is 0. The van der Waals surface area contributed by atoms with E-state index in [-0.39, 0.29) is 12.4 Å². The van der Waals surface area contributed by atoms with Crippen molar-refractivity contribution in [3.8, 4) is 11.6 Å². The molecule has 0 saturated heterocycles. The molecule has 7 heteroatoms. The number of aromatic nitrogens is 3. The van der Waals surface area contributed by atoms with Crippen molar-refractivity contribution in [1.29, 1.82) is 0 Å². The molecule has 1 fully saturated rings. The molecule has 0 aromatic carbocycles. The number of hydrogen-bond donors (Lipinski definition) is 1. The van der Waals surface area contributed by atoms with E-state index in [4.69, 9.17) is 14.8 Å². The van der Waals surface area contributed by atoms with Gasteiger partial charge in [0.15, 0.2) is 11.5 Å². The Morgan fingerprint density at radius 2 is 1.94 bits per heavy atom. The van der Waals surface area contributed by atoms with Gasteiger partial charge < -0.3 is 14.8 Å². The summed E-state index contributed by atoms with van der Waals surface area (Å²) in [6, 6.07) is 1.76. The van der Waals surface area contributed by atoms with Gasteiger partial charge in [0.2, 0.25) is 0 Å². The van der Waals surface area contributed by atoms with Crippen LogP contribution in [0.4, 0.5) is 0 Å². The van der Waals surface area contributed by atoms with Gasteiger partial charge in [-0.15, -0.1) is 12.4 Å². The minimum Gasteiger partial charge on any atom is -0.361 e. The second-order valence-corrected chi connectivity index (χ2v) is 4.61. The molecule has 1 saturated carbocycles. The molecule has 0 atom stereocenters. The molecule has 2 aromatic rings. The fourth-order valence-electron chi connectivity index (χ4n) is 2.23. The summed E-state index contributed by atoms with van der Waals surface area (Å²) >= 11 is 0. The van der Waals surface area contributed by atoms with E-state index in [1.165, 1.54) is 0 Å². The molecule has 6 nitrogen and oxygen atoms in total. The first kappa shape index (κ1) is 13.0. The minimum atomic E-state index is -0.430. The predicted molar refractivity (Wildman–Crippen MR) is 66.1 cm³/mol. The van der Waals surface area contributed by atoms with Crippen LogP contribution in [-0.4, -0.2) is 15.3 Å². The van der Waals surface area contributed by atoms with Crippen LogP contribution in [0.25, 0.3) is 11.6 Å². The second kappa shape index (κ2) is 4.70. The zero-order valence-electron chi connectivity index (χ0n) is 10.0. The van der Waals surface area contributed by atoms with Crippen molar-refractivity contribution in [3.63, 3.8) is 0 Å². The topological polar surface area (TPSA) is 91.0 Å². The Balaban J connectivity index is 0.00000120. The molecular weight excluding hydrogens is 256 g/mol. The van der Waals surface area contributed by atoms with E-state index < -0.39 is 5.54 Å². The standard InChI is InChI=1S/C11H14N4O2.ClH/c1-7-6-8(14-16-7)9-13-10(15-17-9)11(12)4-2-3-5-11;/h6H,2-5,12H2,1H3;1H. The number of nitrogens with zero attached hydrogens (tertiary/aromatic N) is 3. The lowest BCUT2D eigenvalue weighted by molar-refractivity contribution is 0.368. The van der Waals surface area contributed by atoms with E-state index in [0.717, 1.165) is 25.7 Å². The number of halogens is 1. The summed E-state index contributed by atoms with van der Waals surface area (Å²) < 4.78 is 10.1. The van der Waals surface area contributed by atoms with Crippen LogP contribution in [0.15, 0.2) is 15.1 Å². The van der Waals surface area contributed by atoms with Crippen LogP contribution in [0.1, 0.15) is 37.3 Å². The first-order valence-corrected chi connectivity index (χ1v) is 5.74. The number of aryl methyl sites for hydroxylation is 1. The first-order chi connectivity index (χ1) is 8.17. The number of hydrogen-bond acceptors (Lipinski definition) is 6. The second-order valence-electron chi connectivity index (χ2n) is 4.61. The van der Waals surface area contributed by atoms with Crippen LogP contribution in [0.2, 0.25) is 0 Å². The van der Waals surface area contributed by atoms with Gasteiger partial charge in [-0.2, -0.15) is 4.98 Å². The SMILES string of the molecule is Cc1cc(-c2nc(C3(N)CCCC3)no2)no1.Cl. The van der Waals surface area contributed by atoms with Crippen LogP contribution < -0.4 is 5.73 Å². The van der Waals surface area contributed by atoms with E-state index in [0.29, 0.717) is 23.2 Å². The summed E-state index contributed by atoms with van der Waals surface area (Å²) in [5.74, 6) is 1.65. The maximum Gasteiger partial charge on any atom is 0.280 e. The van der Waals surface area contributed by atoms with E-state index in [1.54, 1.807) is 6.07 Å². The average molecular weight is 271 g/mol. The quantitative estimate of drug-likeness (QED) is 0.899. The Labute approximate surface area is 110 Å². The van der Waals surface area contributed by atoms with Crippen LogP contribution >= 0.6 is 12.4 Å². The number of nitrogens with two attached hydrogens (primary N) is 1. The highest BCUT2D eigenvalue weighted by Crippen LogP contribution is 2.35. The molecule has 0 spiro atoms. The molecule has 3 rings (SSSR count). The van der Waals surface area contributed by atoms with E-state index in [1.807, 2.05) is 6.92 Å². The monoisotopic (exact) mass is 270 g/mol. The van der Waals surface area contributed by atoms with E-state index >= 15 is 0 Å². The van der Waals surface area contributed by atoms with E-state index in [2.05, 4.69) is 15.3 Å². The molecular formula is C11H15ClN4O2. The summed E-state index contributed by atoms with van der Waals surface area (Å²) in [6.45, 7) is 1.81. The van der Waals surface area contributed by atoms with Crippen molar-refractivity contribution in [2.75, 3.05) is 0 Å². The van der Waals surface area contributed by atoms with Gasteiger partial charge in [-0.3, -0.25) is 0 Å². The Bertz CT molecular complexity index is 531. The van der Waals surface area contributed by atoms with Crippen molar-refractivity contribution in [2.24, 2.45) is 5.73 Å². The molecule has 98 valence electrons. The third-order valence-corrected chi connectivity index (χ3v) is 3.21. The lowest BCUT2D eigenvalue weighted by Gasteiger charge is -2.17. The normalized spacial score (nSPS) is 17.7. The summed E-state index contributed by atoms with van der Waals surface area (Å²) in [6.07, 6.45) is 4.04. The number of rotatable bonds is 2. The highest BCUT2D eigenvalue weighted by atomic mass is 35.5. The smallest absolute Gasteiger partial charge is 0.280 e. The summed E-state index contributed by atoms with van der Waals surface area (Å²) in [7, 11) is 0. The Hall–Kier alpha value is -1.40. The van der Waals surface area contributed by atoms with Crippen molar-refractivity contribution in [3.05, 3.63) is 17.7 Å². The Morgan fingerprint density at radius 3 is 2.56 bits per heavy atom. The molecule has 0 radical (unpaired) electrons. The van der Waals surface area contributed by atoms with Crippen molar-refractivity contribution >= 4 is 12.4 Å². The van der Waals surface area contributed by atoms with Crippen LogP contribution in [-0.2, 0) is 5.54 Å². The molecule has 1 aliphatic rings. The molecule has 0 unspecified atom stereocenters. The summed E-state index contributed by atoms with van der Waals surface area (Å²) in [5, 5.41) is 7.80. The molecule has 0 amide bonds. The third kappa shape index (κ3) is 2.13. The van der Waals surface area contributed by atoms with Gasteiger partial charge in [-0.25, -0.2) is 0 Å². The van der Waals surface area contributed by atoms with Gasteiger partial charge in [0.1, 0.15) is 5.76 Å². The third-order valence-electron chi connectivity index (χ3n) is 3.21. The predicted octanol–water partition coefficient (Wildman–Crippen LogP) is 2.18. The molecule has 0 bridgehead atoms. The maximum atomic E-state index is 6.25. The Morgan fingerprint density at radius 1 is 1.22 bits per heavy atom. The Kier molecular flexibility index (Phi) is 3.41. The van der Waals surface area contributed by atoms with Crippen molar-refractivity contribution in [1.82, 2.24) is 15.3 Å². The average Bonchev–Trinajstić information content (AvgIpc) is 2.96. The van der Waals surface area contributed by atoms with Crippen LogP contribution in [0.5, 0.6) is 0 Å². The van der Waals surface area contributed by atoms with Gasteiger partial charge in [0, 0.05) is 6.07 Å². The molecule has 2 heterocycles. The molecule has 18 heavy (non-hydrogen) atoms. The summed E-state index contributed by atoms with van der Waals surface area (Å²) in [4.78, 5) is 4.32. The highest BCUT2D eigenvalue weighted by Gasteiger charge is 2.36. The maximum absolute atomic E-state index is 6.25. The zero-order valence-corrected chi connectivity index (χ0v) is 10.9. The zero-order chi connectivity index (χ0) is 11.9. The van der Waals surface area contributed by atoms with Crippen molar-refractivity contribution < 1.29 is 9.05 Å². The van der Waals surface area contributed by atoms with Gasteiger partial charge in [0.05, 0.1) is 5.54 Å². The van der Waals surface area contributed by atoms with Crippen LogP contribution in [0, 0.1) is 6.92 Å². The van der Waals surface area contributed by atoms with Crippen molar-refractivity contribution in [2.45, 2.75) is 38.1 Å². The lowest BCUT2D eigenvalue weighted by Crippen LogP contribution is -2.34. The summed E-state index contributed by atoms with van der Waals surface area (Å²) in [5.41, 5.74) is 6.38. The van der Waals surface area contributed by atoms with E-state index in [9.17, 15) is 0 Å².